The van der Waals surface area contributed by atoms with Crippen LogP contribution in [0.25, 0.3) is 0 Å². The van der Waals surface area contributed by atoms with Gasteiger partial charge in [0, 0.05) is 18.8 Å². The van der Waals surface area contributed by atoms with Crippen LogP contribution in [0.4, 0.5) is 0 Å². The summed E-state index contributed by atoms with van der Waals surface area (Å²) in [5.41, 5.74) is 0. The summed E-state index contributed by atoms with van der Waals surface area (Å²) >= 11 is 0. The predicted octanol–water partition coefficient (Wildman–Crippen LogP) is 4.08. The molecule has 0 heterocycles. The second kappa shape index (κ2) is 15.8. The van der Waals surface area contributed by atoms with Gasteiger partial charge in [-0.2, -0.15) is 0 Å². The van der Waals surface area contributed by atoms with Crippen LogP contribution in [0.2, 0.25) is 0 Å². The number of carbonyl (C=O) groups excluding carboxylic acids is 2. The highest BCUT2D eigenvalue weighted by atomic mass is 16.5. The molecule has 5 heteroatoms. The highest BCUT2D eigenvalue weighted by Crippen LogP contribution is 2.18. The van der Waals surface area contributed by atoms with Crippen molar-refractivity contribution in [2.24, 2.45) is 5.92 Å². The Morgan fingerprint density at radius 2 is 1.43 bits per heavy atom. The topological polar surface area (TPSA) is 66.4 Å². The van der Waals surface area contributed by atoms with Gasteiger partial charge in [0.25, 0.3) is 0 Å². The summed E-state index contributed by atoms with van der Waals surface area (Å²) < 4.78 is 5.92. The molecule has 0 bridgehead atoms. The van der Waals surface area contributed by atoms with Gasteiger partial charge in [0.15, 0.2) is 6.10 Å². The molecule has 0 spiro atoms. The zero-order chi connectivity index (χ0) is 21.4. The summed E-state index contributed by atoms with van der Waals surface area (Å²) in [6.07, 6.45) is 13.1. The van der Waals surface area contributed by atoms with Gasteiger partial charge in [-0.3, -0.25) is 4.79 Å². The summed E-state index contributed by atoms with van der Waals surface area (Å²) in [7, 11) is 5.84. The van der Waals surface area contributed by atoms with E-state index in [0.717, 1.165) is 25.2 Å². The summed E-state index contributed by atoms with van der Waals surface area (Å²) in [5.74, 6) is -0.668. The van der Waals surface area contributed by atoms with Crippen molar-refractivity contribution in [2.45, 2.75) is 103 Å². The number of hydrogen-bond donors (Lipinski definition) is 0. The Bertz CT molecular complexity index is 417. The maximum Gasteiger partial charge on any atom is 0.306 e. The maximum atomic E-state index is 12.0. The molecule has 0 aliphatic carbocycles. The van der Waals surface area contributed by atoms with Crippen LogP contribution in [0.15, 0.2) is 0 Å². The summed E-state index contributed by atoms with van der Waals surface area (Å²) in [4.78, 5) is 22.9. The monoisotopic (exact) mass is 399 g/mol. The Morgan fingerprint density at radius 3 is 1.93 bits per heavy atom. The van der Waals surface area contributed by atoms with Gasteiger partial charge in [-0.25, -0.2) is 0 Å². The molecule has 0 saturated heterocycles. The van der Waals surface area contributed by atoms with Crippen molar-refractivity contribution < 1.29 is 23.9 Å². The zero-order valence-corrected chi connectivity index (χ0v) is 19.1. The second-order valence-corrected chi connectivity index (χ2v) is 9.42. The number of ether oxygens (including phenoxy) is 1. The van der Waals surface area contributed by atoms with E-state index in [1.54, 1.807) is 0 Å². The van der Waals surface area contributed by atoms with E-state index < -0.39 is 12.1 Å². The number of carboxylic acid groups (broad SMARTS) is 1. The number of carboxylic acids is 1. The smallest absolute Gasteiger partial charge is 0.306 e. The van der Waals surface area contributed by atoms with Gasteiger partial charge in [-0.1, -0.05) is 78.1 Å². The number of nitrogens with zero attached hydrogens (tertiary/aromatic N) is 1. The average Bonchev–Trinajstić information content (AvgIpc) is 2.55. The van der Waals surface area contributed by atoms with E-state index in [-0.39, 0.29) is 12.4 Å². The Labute approximate surface area is 173 Å². The van der Waals surface area contributed by atoms with E-state index >= 15 is 0 Å². The Kier molecular flexibility index (Phi) is 15.2. The van der Waals surface area contributed by atoms with Crippen molar-refractivity contribution in [3.8, 4) is 0 Å². The third kappa shape index (κ3) is 18.3. The molecule has 0 amide bonds. The number of esters is 1. The lowest BCUT2D eigenvalue weighted by Crippen LogP contribution is -2.45. The number of rotatable bonds is 18. The van der Waals surface area contributed by atoms with Crippen LogP contribution in [0.5, 0.6) is 0 Å². The van der Waals surface area contributed by atoms with Crippen LogP contribution in [-0.2, 0) is 14.3 Å². The quantitative estimate of drug-likeness (QED) is 0.198. The molecule has 0 fully saturated rings. The number of carbonyl (C=O) groups is 2. The SMILES string of the molecule is CCCCCCCC(C)CCCCCCC(=O)OC(CC(=O)[O-])C[N+](C)(C)C. The number of likely N-dealkylation sites (N-methyl/N-ethyl adjacent to an activating group) is 1. The fourth-order valence-corrected chi connectivity index (χ4v) is 3.54. The average molecular weight is 400 g/mol. The molecule has 0 aliphatic heterocycles. The molecule has 2 atom stereocenters. The maximum absolute atomic E-state index is 12.0. The van der Waals surface area contributed by atoms with E-state index in [1.165, 1.54) is 51.4 Å². The van der Waals surface area contributed by atoms with Crippen LogP contribution in [0.3, 0.4) is 0 Å². The van der Waals surface area contributed by atoms with Crippen LogP contribution in [-0.4, -0.2) is 50.2 Å². The third-order valence-corrected chi connectivity index (χ3v) is 5.07. The highest BCUT2D eigenvalue weighted by molar-refractivity contribution is 5.70. The van der Waals surface area contributed by atoms with E-state index in [1.807, 2.05) is 21.1 Å². The lowest BCUT2D eigenvalue weighted by Gasteiger charge is -2.29. The summed E-state index contributed by atoms with van der Waals surface area (Å²) in [6.45, 7) is 5.07. The first-order chi connectivity index (χ1) is 13.1. The molecule has 0 N–H and O–H groups in total. The minimum Gasteiger partial charge on any atom is -0.550 e. The Hall–Kier alpha value is -1.10. The van der Waals surface area contributed by atoms with E-state index in [4.69, 9.17) is 4.74 Å². The number of hydrogen-bond acceptors (Lipinski definition) is 4. The predicted molar refractivity (Wildman–Crippen MR) is 113 cm³/mol. The molecule has 0 aromatic rings. The number of unbranched alkanes of at least 4 members (excludes halogenated alkanes) is 7. The highest BCUT2D eigenvalue weighted by Gasteiger charge is 2.22. The summed E-state index contributed by atoms with van der Waals surface area (Å²) in [5, 5.41) is 10.9. The fraction of sp³-hybridized carbons (Fsp3) is 0.913. The Balaban J connectivity index is 3.80. The van der Waals surface area contributed by atoms with Gasteiger partial charge < -0.3 is 19.1 Å². The van der Waals surface area contributed by atoms with Crippen molar-refractivity contribution >= 4 is 11.9 Å². The summed E-state index contributed by atoms with van der Waals surface area (Å²) in [6, 6.07) is 0. The Morgan fingerprint density at radius 1 is 0.893 bits per heavy atom. The van der Waals surface area contributed by atoms with Crippen LogP contribution < -0.4 is 5.11 Å². The van der Waals surface area contributed by atoms with Crippen LogP contribution in [0, 0.1) is 5.92 Å². The van der Waals surface area contributed by atoms with Gasteiger partial charge in [-0.05, 0) is 12.3 Å². The molecular weight excluding hydrogens is 354 g/mol. The molecule has 0 saturated carbocycles. The molecule has 28 heavy (non-hydrogen) atoms. The van der Waals surface area contributed by atoms with Crippen LogP contribution >= 0.6 is 0 Å². The molecular formula is C23H45NO4. The van der Waals surface area contributed by atoms with Gasteiger partial charge >= 0.3 is 5.97 Å². The zero-order valence-electron chi connectivity index (χ0n) is 19.1. The largest absolute Gasteiger partial charge is 0.550 e. The molecule has 0 radical (unpaired) electrons. The van der Waals surface area contributed by atoms with Gasteiger partial charge in [0.1, 0.15) is 6.54 Å². The first kappa shape index (κ1) is 26.9. The van der Waals surface area contributed by atoms with Crippen molar-refractivity contribution in [3.63, 3.8) is 0 Å². The first-order valence-electron chi connectivity index (χ1n) is 11.3. The van der Waals surface area contributed by atoms with Crippen molar-refractivity contribution in [3.05, 3.63) is 0 Å². The van der Waals surface area contributed by atoms with E-state index in [0.29, 0.717) is 17.4 Å². The van der Waals surface area contributed by atoms with E-state index in [9.17, 15) is 14.7 Å². The second-order valence-electron chi connectivity index (χ2n) is 9.42. The minimum absolute atomic E-state index is 0.238. The first-order valence-corrected chi connectivity index (χ1v) is 11.3. The number of quaternary nitrogens is 1. The molecule has 0 aliphatic rings. The normalized spacial score (nSPS) is 13.9. The molecule has 2 unspecified atom stereocenters. The fourth-order valence-electron chi connectivity index (χ4n) is 3.54. The van der Waals surface area contributed by atoms with Gasteiger partial charge in [0.05, 0.1) is 21.1 Å². The molecule has 5 nitrogen and oxygen atoms in total. The number of aliphatic carboxylic acids is 1. The van der Waals surface area contributed by atoms with Crippen molar-refractivity contribution in [2.75, 3.05) is 27.7 Å². The van der Waals surface area contributed by atoms with Gasteiger partial charge in [0.2, 0.25) is 0 Å². The van der Waals surface area contributed by atoms with Crippen LogP contribution in [0.1, 0.15) is 97.3 Å². The standard InChI is InChI=1S/C23H45NO4/c1-6-7-8-9-12-15-20(2)16-13-10-11-14-17-23(27)28-21(18-22(25)26)19-24(3,4)5/h20-21H,6-19H2,1-5H3. The van der Waals surface area contributed by atoms with E-state index in [2.05, 4.69) is 13.8 Å². The lowest BCUT2D eigenvalue weighted by molar-refractivity contribution is -0.873. The minimum atomic E-state index is -1.18. The molecule has 0 aromatic heterocycles. The van der Waals surface area contributed by atoms with Gasteiger partial charge in [-0.15, -0.1) is 0 Å². The van der Waals surface area contributed by atoms with Crippen molar-refractivity contribution in [1.82, 2.24) is 0 Å². The molecule has 0 aromatic carbocycles. The third-order valence-electron chi connectivity index (χ3n) is 5.07. The molecule has 166 valence electrons. The van der Waals surface area contributed by atoms with Crippen molar-refractivity contribution in [1.29, 1.82) is 0 Å². The lowest BCUT2D eigenvalue weighted by atomic mass is 9.96. The molecule has 0 rings (SSSR count).